The van der Waals surface area contributed by atoms with Gasteiger partial charge in [-0.25, -0.2) is 4.98 Å². The number of piperidine rings is 1. The first kappa shape index (κ1) is 18.2. The fourth-order valence-electron chi connectivity index (χ4n) is 4.09. The van der Waals surface area contributed by atoms with Crippen LogP contribution in [0.2, 0.25) is 5.02 Å². The minimum absolute atomic E-state index is 0.178. The van der Waals surface area contributed by atoms with Gasteiger partial charge in [0, 0.05) is 17.0 Å². The molecular weight excluding hydrogens is 386 g/mol. The molecule has 1 saturated heterocycles. The summed E-state index contributed by atoms with van der Waals surface area (Å²) in [5.41, 5.74) is 3.59. The lowest BCUT2D eigenvalue weighted by Crippen LogP contribution is -2.33. The van der Waals surface area contributed by atoms with Crippen molar-refractivity contribution in [2.75, 3.05) is 25.0 Å². The van der Waals surface area contributed by atoms with E-state index in [0.717, 1.165) is 47.3 Å². The van der Waals surface area contributed by atoms with Crippen LogP contribution in [0.3, 0.4) is 0 Å². The summed E-state index contributed by atoms with van der Waals surface area (Å²) in [6.07, 6.45) is 2.34. The Balaban J connectivity index is 1.66. The van der Waals surface area contributed by atoms with Crippen LogP contribution in [0, 0.1) is 5.92 Å². The number of halogens is 1. The van der Waals surface area contributed by atoms with Crippen LogP contribution in [0.1, 0.15) is 12.8 Å². The van der Waals surface area contributed by atoms with Gasteiger partial charge in [-0.1, -0.05) is 23.7 Å². The van der Waals surface area contributed by atoms with Crippen molar-refractivity contribution in [3.05, 3.63) is 57.8 Å². The lowest BCUT2D eigenvalue weighted by atomic mass is 9.99. The van der Waals surface area contributed by atoms with Crippen molar-refractivity contribution in [1.29, 1.82) is 0 Å². The molecule has 2 aromatic heterocycles. The number of fused-ring (bicyclic) bond motifs is 2. The van der Waals surface area contributed by atoms with Crippen LogP contribution in [0.4, 0.5) is 5.69 Å². The number of para-hydroxylation sites is 2. The highest BCUT2D eigenvalue weighted by Crippen LogP contribution is 2.32. The van der Waals surface area contributed by atoms with E-state index < -0.39 is 0 Å². The predicted octanol–water partition coefficient (Wildman–Crippen LogP) is 4.14. The lowest BCUT2D eigenvalue weighted by molar-refractivity contribution is 0.393. The van der Waals surface area contributed by atoms with Crippen molar-refractivity contribution in [2.45, 2.75) is 12.8 Å². The SMILES string of the molecule is O=c1[nH]c2ccc(Cl)cc2c(NC[C@H]2CCCNC2)c1-c1nc2ccccc2[nH]1. The third-order valence-corrected chi connectivity index (χ3v) is 5.80. The van der Waals surface area contributed by atoms with Gasteiger partial charge in [0.1, 0.15) is 11.4 Å². The first-order chi connectivity index (χ1) is 14.2. The van der Waals surface area contributed by atoms with E-state index in [-0.39, 0.29) is 5.56 Å². The average molecular weight is 408 g/mol. The van der Waals surface area contributed by atoms with E-state index in [1.165, 1.54) is 12.8 Å². The molecular formula is C22H22ClN5O. The van der Waals surface area contributed by atoms with Gasteiger partial charge in [-0.15, -0.1) is 0 Å². The molecule has 1 aliphatic rings. The van der Waals surface area contributed by atoms with E-state index in [0.29, 0.717) is 22.3 Å². The minimum Gasteiger partial charge on any atom is -0.383 e. The summed E-state index contributed by atoms with van der Waals surface area (Å²) in [6.45, 7) is 2.84. The van der Waals surface area contributed by atoms with E-state index >= 15 is 0 Å². The number of rotatable bonds is 4. The third kappa shape index (κ3) is 3.50. The summed E-state index contributed by atoms with van der Waals surface area (Å²) in [5.74, 6) is 1.07. The highest BCUT2D eigenvalue weighted by Gasteiger charge is 2.20. The second-order valence-electron chi connectivity index (χ2n) is 7.59. The van der Waals surface area contributed by atoms with E-state index in [1.807, 2.05) is 36.4 Å². The summed E-state index contributed by atoms with van der Waals surface area (Å²) in [4.78, 5) is 24.0. The van der Waals surface area contributed by atoms with Crippen molar-refractivity contribution < 1.29 is 0 Å². The van der Waals surface area contributed by atoms with Gasteiger partial charge in [0.05, 0.1) is 22.2 Å². The molecule has 3 heterocycles. The van der Waals surface area contributed by atoms with Crippen LogP contribution in [0.25, 0.3) is 33.3 Å². The van der Waals surface area contributed by atoms with Gasteiger partial charge in [0.2, 0.25) is 0 Å². The highest BCUT2D eigenvalue weighted by molar-refractivity contribution is 6.31. The summed E-state index contributed by atoms with van der Waals surface area (Å²) < 4.78 is 0. The molecule has 1 atom stereocenters. The first-order valence-corrected chi connectivity index (χ1v) is 10.3. The Morgan fingerprint density at radius 2 is 2.03 bits per heavy atom. The molecule has 148 valence electrons. The first-order valence-electron chi connectivity index (χ1n) is 9.94. The van der Waals surface area contributed by atoms with E-state index in [4.69, 9.17) is 11.6 Å². The number of nitrogens with zero attached hydrogens (tertiary/aromatic N) is 1. The van der Waals surface area contributed by atoms with Gasteiger partial charge >= 0.3 is 0 Å². The maximum absolute atomic E-state index is 13.1. The number of hydrogen-bond acceptors (Lipinski definition) is 4. The molecule has 0 radical (unpaired) electrons. The summed E-state index contributed by atoms with van der Waals surface area (Å²) in [7, 11) is 0. The Kier molecular flexibility index (Phi) is 4.73. The summed E-state index contributed by atoms with van der Waals surface area (Å²) >= 11 is 6.29. The zero-order valence-corrected chi connectivity index (χ0v) is 16.6. The number of anilines is 1. The van der Waals surface area contributed by atoms with E-state index in [2.05, 4.69) is 25.6 Å². The molecule has 0 bridgehead atoms. The zero-order chi connectivity index (χ0) is 19.8. The molecule has 4 aromatic rings. The molecule has 1 fully saturated rings. The van der Waals surface area contributed by atoms with Gasteiger partial charge in [-0.2, -0.15) is 0 Å². The van der Waals surface area contributed by atoms with Gasteiger partial charge in [0.25, 0.3) is 5.56 Å². The molecule has 2 aromatic carbocycles. The average Bonchev–Trinajstić information content (AvgIpc) is 3.16. The number of nitrogens with one attached hydrogen (secondary N) is 4. The van der Waals surface area contributed by atoms with Crippen LogP contribution in [0.5, 0.6) is 0 Å². The van der Waals surface area contributed by atoms with Crippen molar-refractivity contribution in [3.8, 4) is 11.4 Å². The summed E-state index contributed by atoms with van der Waals surface area (Å²) in [5, 5.41) is 8.52. The number of hydrogen-bond donors (Lipinski definition) is 4. The molecule has 0 aliphatic carbocycles. The molecule has 7 heteroatoms. The second kappa shape index (κ2) is 7.54. The number of aromatic amines is 2. The fourth-order valence-corrected chi connectivity index (χ4v) is 4.26. The molecule has 6 nitrogen and oxygen atoms in total. The molecule has 0 amide bonds. The predicted molar refractivity (Wildman–Crippen MR) is 119 cm³/mol. The Morgan fingerprint density at radius 1 is 1.14 bits per heavy atom. The number of imidazole rings is 1. The Hall–Kier alpha value is -2.83. The van der Waals surface area contributed by atoms with Crippen LogP contribution in [0.15, 0.2) is 47.3 Å². The van der Waals surface area contributed by atoms with Gasteiger partial charge in [0.15, 0.2) is 0 Å². The molecule has 1 aliphatic heterocycles. The van der Waals surface area contributed by atoms with Gasteiger partial charge < -0.3 is 20.6 Å². The van der Waals surface area contributed by atoms with Crippen molar-refractivity contribution >= 4 is 39.2 Å². The van der Waals surface area contributed by atoms with Crippen molar-refractivity contribution in [1.82, 2.24) is 20.3 Å². The van der Waals surface area contributed by atoms with Crippen LogP contribution < -0.4 is 16.2 Å². The topological polar surface area (TPSA) is 85.6 Å². The maximum Gasteiger partial charge on any atom is 0.261 e. The minimum atomic E-state index is -0.178. The quantitative estimate of drug-likeness (QED) is 0.409. The molecule has 5 rings (SSSR count). The number of benzene rings is 2. The monoisotopic (exact) mass is 407 g/mol. The van der Waals surface area contributed by atoms with Crippen LogP contribution in [-0.4, -0.2) is 34.6 Å². The molecule has 0 unspecified atom stereocenters. The number of pyridine rings is 1. The van der Waals surface area contributed by atoms with Crippen molar-refractivity contribution in [3.63, 3.8) is 0 Å². The molecule has 0 saturated carbocycles. The standard InChI is InChI=1S/C22H22ClN5O/c23-14-7-8-16-15(10-14)20(25-12-13-4-3-9-24-11-13)19(22(29)28-16)21-26-17-5-1-2-6-18(17)27-21/h1-2,5-8,10,13,24H,3-4,9,11-12H2,(H,26,27)(H2,25,28,29)/t13-/m0/s1. The van der Waals surface area contributed by atoms with E-state index in [9.17, 15) is 4.79 Å². The fraction of sp³-hybridized carbons (Fsp3) is 0.273. The number of aromatic nitrogens is 3. The van der Waals surface area contributed by atoms with Gasteiger partial charge in [-0.05, 0) is 62.2 Å². The molecule has 29 heavy (non-hydrogen) atoms. The molecule has 0 spiro atoms. The Morgan fingerprint density at radius 3 is 2.86 bits per heavy atom. The van der Waals surface area contributed by atoms with Gasteiger partial charge in [-0.3, -0.25) is 4.79 Å². The van der Waals surface area contributed by atoms with E-state index in [1.54, 1.807) is 6.07 Å². The number of H-pyrrole nitrogens is 2. The summed E-state index contributed by atoms with van der Waals surface area (Å²) in [6, 6.07) is 13.3. The van der Waals surface area contributed by atoms with Crippen LogP contribution >= 0.6 is 11.6 Å². The zero-order valence-electron chi connectivity index (χ0n) is 15.9. The Bertz CT molecular complexity index is 1210. The highest BCUT2D eigenvalue weighted by atomic mass is 35.5. The second-order valence-corrected chi connectivity index (χ2v) is 8.03. The Labute approximate surface area is 172 Å². The largest absolute Gasteiger partial charge is 0.383 e. The third-order valence-electron chi connectivity index (χ3n) is 5.57. The molecule has 4 N–H and O–H groups in total. The normalized spacial score (nSPS) is 17.1. The van der Waals surface area contributed by atoms with Crippen molar-refractivity contribution in [2.24, 2.45) is 5.92 Å². The smallest absolute Gasteiger partial charge is 0.261 e. The van der Waals surface area contributed by atoms with Crippen LogP contribution in [-0.2, 0) is 0 Å². The maximum atomic E-state index is 13.1. The lowest BCUT2D eigenvalue weighted by Gasteiger charge is -2.24.